The van der Waals surface area contributed by atoms with Crippen LogP contribution in [0.5, 0.6) is 11.5 Å². The molecule has 0 radical (unpaired) electrons. The van der Waals surface area contributed by atoms with Crippen molar-refractivity contribution in [1.29, 1.82) is 0 Å². The molecule has 1 saturated heterocycles. The van der Waals surface area contributed by atoms with Crippen molar-refractivity contribution >= 4 is 32.6 Å². The Morgan fingerprint density at radius 3 is 2.49 bits per heavy atom. The third-order valence-electron chi connectivity index (χ3n) is 7.50. The van der Waals surface area contributed by atoms with E-state index in [1.165, 1.54) is 3.97 Å². The van der Waals surface area contributed by atoms with E-state index < -0.39 is 10.0 Å². The highest BCUT2D eigenvalue weighted by atomic mass is 32.2. The van der Waals surface area contributed by atoms with E-state index >= 15 is 0 Å². The number of aryl methyl sites for hydroxylation is 1. The second-order valence-electron chi connectivity index (χ2n) is 10.4. The number of carbonyl (C=O) groups is 1. The molecule has 4 aromatic rings. The number of unbranched alkanes of at least 4 members (excludes halogenated alkanes) is 2. The molecule has 0 N–H and O–H groups in total. The van der Waals surface area contributed by atoms with Crippen molar-refractivity contribution in [3.63, 3.8) is 0 Å². The molecule has 1 fully saturated rings. The van der Waals surface area contributed by atoms with Crippen LogP contribution in [0.2, 0.25) is 0 Å². The number of anilines is 1. The molecule has 0 saturated carbocycles. The van der Waals surface area contributed by atoms with Gasteiger partial charge < -0.3 is 14.4 Å². The number of fused-ring (bicyclic) bond motifs is 1. The first kappa shape index (κ1) is 28.5. The Labute approximate surface area is 242 Å². The van der Waals surface area contributed by atoms with Gasteiger partial charge in [-0.2, -0.15) is 0 Å². The molecule has 0 unspecified atom stereocenters. The van der Waals surface area contributed by atoms with Crippen molar-refractivity contribution in [2.24, 2.45) is 0 Å². The lowest BCUT2D eigenvalue weighted by molar-refractivity contribution is 0.192. The number of amides is 2. The summed E-state index contributed by atoms with van der Waals surface area (Å²) in [4.78, 5) is 17.5. The van der Waals surface area contributed by atoms with Crippen LogP contribution in [0, 0.1) is 6.92 Å². The average molecular weight is 576 g/mol. The van der Waals surface area contributed by atoms with Crippen LogP contribution in [-0.2, 0) is 16.6 Å². The lowest BCUT2D eigenvalue weighted by Crippen LogP contribution is -2.49. The van der Waals surface area contributed by atoms with Gasteiger partial charge in [0.1, 0.15) is 0 Å². The highest BCUT2D eigenvalue weighted by Crippen LogP contribution is 2.34. The van der Waals surface area contributed by atoms with Crippen LogP contribution in [-0.4, -0.2) is 50.1 Å². The van der Waals surface area contributed by atoms with Crippen molar-refractivity contribution < 1.29 is 22.7 Å². The first-order valence-electron chi connectivity index (χ1n) is 14.1. The molecule has 9 heteroatoms. The van der Waals surface area contributed by atoms with Gasteiger partial charge >= 0.3 is 6.03 Å². The summed E-state index contributed by atoms with van der Waals surface area (Å²) in [5, 5.41) is 0.806. The molecular formula is C32H37N3O5S. The van der Waals surface area contributed by atoms with Crippen molar-refractivity contribution in [2.75, 3.05) is 31.7 Å². The van der Waals surface area contributed by atoms with Crippen LogP contribution in [0.1, 0.15) is 43.7 Å². The maximum absolute atomic E-state index is 13.7. The number of benzene rings is 3. The molecular weight excluding hydrogens is 538 g/mol. The summed E-state index contributed by atoms with van der Waals surface area (Å²) in [6.45, 7) is 6.26. The highest BCUT2D eigenvalue weighted by Gasteiger charge is 2.28. The van der Waals surface area contributed by atoms with Gasteiger partial charge in [-0.3, -0.25) is 4.90 Å². The number of rotatable bonds is 11. The van der Waals surface area contributed by atoms with Crippen molar-refractivity contribution in [3.8, 4) is 11.5 Å². The summed E-state index contributed by atoms with van der Waals surface area (Å²) < 4.78 is 39.7. The van der Waals surface area contributed by atoms with Crippen LogP contribution >= 0.6 is 0 Å². The average Bonchev–Trinajstić information content (AvgIpc) is 3.43. The van der Waals surface area contributed by atoms with Gasteiger partial charge in [-0.15, -0.1) is 0 Å². The number of hydrogen-bond acceptors (Lipinski definition) is 5. The zero-order valence-corrected chi connectivity index (χ0v) is 24.7. The Kier molecular flexibility index (Phi) is 8.54. The summed E-state index contributed by atoms with van der Waals surface area (Å²) in [5.41, 5.74) is 3.24. The predicted octanol–water partition coefficient (Wildman–Crippen LogP) is 6.60. The number of aromatic nitrogens is 1. The summed E-state index contributed by atoms with van der Waals surface area (Å²) in [7, 11) is -2.15. The quantitative estimate of drug-likeness (QED) is 0.188. The Balaban J connectivity index is 1.38. The van der Waals surface area contributed by atoms with Crippen molar-refractivity contribution in [2.45, 2.75) is 51.0 Å². The predicted molar refractivity (Wildman–Crippen MR) is 161 cm³/mol. The SMILES string of the molecule is CCCCCOc1cc(N2CCCN(Cc3cccc4c3ccn4S(=O)(=O)c3ccc(C)cc3)C2=O)ccc1OC. The summed E-state index contributed by atoms with van der Waals surface area (Å²) in [6, 6.07) is 19.8. The second-order valence-corrected chi connectivity index (χ2v) is 12.2. The first-order chi connectivity index (χ1) is 19.8. The topological polar surface area (TPSA) is 81.1 Å². The van der Waals surface area contributed by atoms with E-state index in [9.17, 15) is 13.2 Å². The minimum Gasteiger partial charge on any atom is -0.493 e. The molecule has 8 nitrogen and oxygen atoms in total. The molecule has 0 aliphatic carbocycles. The van der Waals surface area contributed by atoms with Crippen LogP contribution in [0.25, 0.3) is 10.9 Å². The number of ether oxygens (including phenoxy) is 2. The molecule has 216 valence electrons. The van der Waals surface area contributed by atoms with Gasteiger partial charge in [0, 0.05) is 43.0 Å². The van der Waals surface area contributed by atoms with Crippen LogP contribution < -0.4 is 14.4 Å². The molecule has 5 rings (SSSR count). The van der Waals surface area contributed by atoms with Crippen LogP contribution in [0.15, 0.2) is 77.8 Å². The first-order valence-corrected chi connectivity index (χ1v) is 15.6. The highest BCUT2D eigenvalue weighted by molar-refractivity contribution is 7.90. The number of urea groups is 1. The molecule has 0 bridgehead atoms. The van der Waals surface area contributed by atoms with Gasteiger partial charge in [0.05, 0.1) is 24.1 Å². The normalized spacial score (nSPS) is 14.1. The molecule has 2 heterocycles. The maximum Gasteiger partial charge on any atom is 0.324 e. The van der Waals surface area contributed by atoms with E-state index in [1.54, 1.807) is 48.5 Å². The maximum atomic E-state index is 13.7. The summed E-state index contributed by atoms with van der Waals surface area (Å²) in [5.74, 6) is 1.27. The Morgan fingerprint density at radius 2 is 1.73 bits per heavy atom. The summed E-state index contributed by atoms with van der Waals surface area (Å²) in [6.07, 6.45) is 5.56. The monoisotopic (exact) mass is 575 g/mol. The lowest BCUT2D eigenvalue weighted by Gasteiger charge is -2.36. The lowest BCUT2D eigenvalue weighted by atomic mass is 10.1. The minimum absolute atomic E-state index is 0.0953. The number of nitrogens with zero attached hydrogens (tertiary/aromatic N) is 3. The van der Waals surface area contributed by atoms with Gasteiger partial charge in [-0.25, -0.2) is 17.2 Å². The van der Waals surface area contributed by atoms with Gasteiger partial charge in [0.15, 0.2) is 11.5 Å². The smallest absolute Gasteiger partial charge is 0.324 e. The van der Waals surface area contributed by atoms with E-state index in [0.717, 1.165) is 47.9 Å². The fourth-order valence-corrected chi connectivity index (χ4v) is 6.58. The van der Waals surface area contributed by atoms with Crippen molar-refractivity contribution in [1.82, 2.24) is 8.87 Å². The molecule has 2 amide bonds. The molecule has 1 aliphatic heterocycles. The van der Waals surface area contributed by atoms with Gasteiger partial charge in [-0.1, -0.05) is 49.6 Å². The van der Waals surface area contributed by atoms with Crippen molar-refractivity contribution in [3.05, 3.63) is 84.1 Å². The molecule has 1 aromatic heterocycles. The van der Waals surface area contributed by atoms with Gasteiger partial charge in [0.25, 0.3) is 10.0 Å². The largest absolute Gasteiger partial charge is 0.493 e. The third kappa shape index (κ3) is 5.91. The summed E-state index contributed by atoms with van der Waals surface area (Å²) >= 11 is 0. The van der Waals surface area contributed by atoms with E-state index in [2.05, 4.69) is 6.92 Å². The Hall–Kier alpha value is -3.98. The number of carbonyl (C=O) groups excluding carboxylic acids is 1. The Morgan fingerprint density at radius 1 is 0.927 bits per heavy atom. The Bertz CT molecular complexity index is 1630. The minimum atomic E-state index is -3.76. The zero-order valence-electron chi connectivity index (χ0n) is 23.9. The standard InChI is InChI=1S/C32H37N3O5S/c1-4-5-6-21-40-31-22-26(13-16-30(31)39-3)34-19-8-18-33(32(34)36)23-25-9-7-10-29-28(25)17-20-35(29)41(37,38)27-14-11-24(2)12-15-27/h7,9-17,20,22H,4-6,8,18-19,21,23H2,1-3H3. The molecule has 0 atom stereocenters. The van der Waals surface area contributed by atoms with E-state index in [4.69, 9.17) is 9.47 Å². The zero-order chi connectivity index (χ0) is 29.0. The fraction of sp³-hybridized carbons (Fsp3) is 0.344. The van der Waals surface area contributed by atoms with E-state index in [1.807, 2.05) is 48.2 Å². The molecule has 3 aromatic carbocycles. The number of hydrogen-bond donors (Lipinski definition) is 0. The van der Waals surface area contributed by atoms with Crippen LogP contribution in [0.3, 0.4) is 0 Å². The van der Waals surface area contributed by atoms with E-state index in [0.29, 0.717) is 43.3 Å². The second kappa shape index (κ2) is 12.3. The molecule has 0 spiro atoms. The molecule has 1 aliphatic rings. The van der Waals surface area contributed by atoms with Gasteiger partial charge in [0.2, 0.25) is 0 Å². The molecule has 41 heavy (non-hydrogen) atoms. The number of methoxy groups -OCH3 is 1. The fourth-order valence-electron chi connectivity index (χ4n) is 5.23. The van der Waals surface area contributed by atoms with Crippen LogP contribution in [0.4, 0.5) is 10.5 Å². The van der Waals surface area contributed by atoms with Gasteiger partial charge in [-0.05, 0) is 61.7 Å². The third-order valence-corrected chi connectivity index (χ3v) is 9.21. The van der Waals surface area contributed by atoms with E-state index in [-0.39, 0.29) is 10.9 Å².